The van der Waals surface area contributed by atoms with Gasteiger partial charge in [0.05, 0.1) is 5.69 Å². The molecule has 25 heavy (non-hydrogen) atoms. The fraction of sp³-hybridized carbons (Fsp3) is 0.100. The van der Waals surface area contributed by atoms with Crippen molar-refractivity contribution in [2.24, 2.45) is 0 Å². The van der Waals surface area contributed by atoms with Crippen LogP contribution in [0, 0.1) is 0 Å². The van der Waals surface area contributed by atoms with Gasteiger partial charge in [-0.15, -0.1) is 0 Å². The molecule has 3 aromatic heterocycles. The zero-order chi connectivity index (χ0) is 17.1. The number of amides is 1. The van der Waals surface area contributed by atoms with Crippen molar-refractivity contribution in [1.29, 1.82) is 0 Å². The lowest BCUT2D eigenvalue weighted by atomic mass is 10.2. The van der Waals surface area contributed by atoms with E-state index in [2.05, 4.69) is 10.3 Å². The predicted molar refractivity (Wildman–Crippen MR) is 97.0 cm³/mol. The van der Waals surface area contributed by atoms with E-state index in [1.165, 1.54) is 0 Å². The van der Waals surface area contributed by atoms with Gasteiger partial charge in [-0.25, -0.2) is 4.98 Å². The van der Waals surface area contributed by atoms with Crippen molar-refractivity contribution in [2.45, 2.75) is 6.42 Å². The standard InChI is InChI=1S/C20H18N4O/c25-20(16-6-8-18(9-7-16)23-12-3-4-13-23)21-11-10-17-15-24-14-2-1-5-19(24)22-17/h1-9,12-15H,10-11H2,(H,21,25). The third-order valence-corrected chi connectivity index (χ3v) is 4.11. The lowest BCUT2D eigenvalue weighted by Gasteiger charge is -2.06. The van der Waals surface area contributed by atoms with Crippen LogP contribution in [0.25, 0.3) is 11.3 Å². The average molecular weight is 330 g/mol. The maximum Gasteiger partial charge on any atom is 0.251 e. The van der Waals surface area contributed by atoms with Gasteiger partial charge in [-0.1, -0.05) is 6.07 Å². The fourth-order valence-corrected chi connectivity index (χ4v) is 2.81. The number of hydrogen-bond acceptors (Lipinski definition) is 2. The van der Waals surface area contributed by atoms with Crippen LogP contribution in [0.3, 0.4) is 0 Å². The summed E-state index contributed by atoms with van der Waals surface area (Å²) in [6.45, 7) is 0.558. The second kappa shape index (κ2) is 6.65. The van der Waals surface area contributed by atoms with E-state index in [0.717, 1.165) is 17.0 Å². The third kappa shape index (κ3) is 3.30. The summed E-state index contributed by atoms with van der Waals surface area (Å²) in [7, 11) is 0. The molecule has 1 amide bonds. The van der Waals surface area contributed by atoms with Crippen molar-refractivity contribution in [2.75, 3.05) is 6.54 Å². The van der Waals surface area contributed by atoms with E-state index in [1.54, 1.807) is 0 Å². The second-order valence-electron chi connectivity index (χ2n) is 5.84. The molecule has 124 valence electrons. The topological polar surface area (TPSA) is 51.3 Å². The van der Waals surface area contributed by atoms with Gasteiger partial charge in [0.2, 0.25) is 0 Å². The minimum atomic E-state index is -0.0668. The number of nitrogens with one attached hydrogen (secondary N) is 1. The Labute approximate surface area is 145 Å². The van der Waals surface area contributed by atoms with Crippen LogP contribution >= 0.6 is 0 Å². The van der Waals surface area contributed by atoms with E-state index < -0.39 is 0 Å². The Morgan fingerprint density at radius 2 is 1.72 bits per heavy atom. The van der Waals surface area contributed by atoms with Crippen molar-refractivity contribution in [3.05, 3.63) is 90.6 Å². The number of pyridine rings is 1. The van der Waals surface area contributed by atoms with E-state index >= 15 is 0 Å². The first-order valence-corrected chi connectivity index (χ1v) is 8.24. The smallest absolute Gasteiger partial charge is 0.251 e. The van der Waals surface area contributed by atoms with Crippen LogP contribution in [0.1, 0.15) is 16.1 Å². The normalized spacial score (nSPS) is 10.9. The highest BCUT2D eigenvalue weighted by molar-refractivity contribution is 5.94. The van der Waals surface area contributed by atoms with E-state index in [0.29, 0.717) is 18.5 Å². The molecule has 0 atom stereocenters. The maximum absolute atomic E-state index is 12.3. The first kappa shape index (κ1) is 15.2. The molecule has 5 nitrogen and oxygen atoms in total. The Kier molecular flexibility index (Phi) is 4.04. The van der Waals surface area contributed by atoms with Gasteiger partial charge in [-0.2, -0.15) is 0 Å². The summed E-state index contributed by atoms with van der Waals surface area (Å²) in [5.41, 5.74) is 3.58. The number of nitrogens with zero attached hydrogens (tertiary/aromatic N) is 3. The molecule has 0 aliphatic heterocycles. The molecule has 0 bridgehead atoms. The van der Waals surface area contributed by atoms with Crippen molar-refractivity contribution in [3.63, 3.8) is 0 Å². The molecule has 4 aromatic rings. The minimum Gasteiger partial charge on any atom is -0.352 e. The lowest BCUT2D eigenvalue weighted by molar-refractivity contribution is 0.0954. The second-order valence-corrected chi connectivity index (χ2v) is 5.84. The van der Waals surface area contributed by atoms with E-state index in [4.69, 9.17) is 0 Å². The summed E-state index contributed by atoms with van der Waals surface area (Å²) >= 11 is 0. The Bertz CT molecular complexity index is 951. The van der Waals surface area contributed by atoms with Gasteiger partial charge in [0.25, 0.3) is 5.91 Å². The number of carbonyl (C=O) groups excluding carboxylic acids is 1. The number of imidazole rings is 1. The summed E-state index contributed by atoms with van der Waals surface area (Å²) in [6, 6.07) is 17.4. The van der Waals surface area contributed by atoms with Crippen LogP contribution in [0.2, 0.25) is 0 Å². The summed E-state index contributed by atoms with van der Waals surface area (Å²) in [5.74, 6) is -0.0668. The Morgan fingerprint density at radius 1 is 0.960 bits per heavy atom. The van der Waals surface area contributed by atoms with Crippen molar-refractivity contribution >= 4 is 11.6 Å². The Balaban J connectivity index is 1.35. The summed E-state index contributed by atoms with van der Waals surface area (Å²) in [6.07, 6.45) is 8.62. The fourth-order valence-electron chi connectivity index (χ4n) is 2.81. The van der Waals surface area contributed by atoms with Crippen LogP contribution < -0.4 is 5.32 Å². The predicted octanol–water partition coefficient (Wildman–Crippen LogP) is 3.10. The minimum absolute atomic E-state index is 0.0668. The Morgan fingerprint density at radius 3 is 2.48 bits per heavy atom. The molecular formula is C20H18N4O. The molecule has 0 aliphatic carbocycles. The lowest BCUT2D eigenvalue weighted by Crippen LogP contribution is -2.25. The number of aromatic nitrogens is 3. The van der Waals surface area contributed by atoms with E-state index in [1.807, 2.05) is 88.4 Å². The zero-order valence-corrected chi connectivity index (χ0v) is 13.7. The zero-order valence-electron chi connectivity index (χ0n) is 13.7. The molecule has 1 N–H and O–H groups in total. The van der Waals surface area contributed by atoms with Crippen LogP contribution in [0.15, 0.2) is 79.4 Å². The molecule has 0 radical (unpaired) electrons. The first-order chi connectivity index (χ1) is 12.3. The molecule has 0 spiro atoms. The molecule has 0 fully saturated rings. The molecule has 0 saturated heterocycles. The monoisotopic (exact) mass is 330 g/mol. The van der Waals surface area contributed by atoms with Gasteiger partial charge >= 0.3 is 0 Å². The maximum atomic E-state index is 12.3. The molecule has 0 aliphatic rings. The third-order valence-electron chi connectivity index (χ3n) is 4.11. The molecule has 0 saturated carbocycles. The van der Waals surface area contributed by atoms with Gasteiger partial charge in [0.1, 0.15) is 5.65 Å². The number of carbonyl (C=O) groups is 1. The van der Waals surface area contributed by atoms with E-state index in [9.17, 15) is 4.79 Å². The van der Waals surface area contributed by atoms with E-state index in [-0.39, 0.29) is 5.91 Å². The number of hydrogen-bond donors (Lipinski definition) is 1. The summed E-state index contributed by atoms with van der Waals surface area (Å²) in [4.78, 5) is 16.8. The van der Waals surface area contributed by atoms with Gasteiger partial charge in [-0.3, -0.25) is 4.79 Å². The van der Waals surface area contributed by atoms with Crippen molar-refractivity contribution in [3.8, 4) is 5.69 Å². The summed E-state index contributed by atoms with van der Waals surface area (Å²) < 4.78 is 3.99. The average Bonchev–Trinajstić information content (AvgIpc) is 3.31. The van der Waals surface area contributed by atoms with Crippen LogP contribution in [0.4, 0.5) is 0 Å². The molecule has 1 aromatic carbocycles. The molecular weight excluding hydrogens is 312 g/mol. The van der Waals surface area contributed by atoms with Gasteiger partial charge < -0.3 is 14.3 Å². The highest BCUT2D eigenvalue weighted by atomic mass is 16.1. The molecule has 0 unspecified atom stereocenters. The van der Waals surface area contributed by atoms with Crippen LogP contribution in [0.5, 0.6) is 0 Å². The van der Waals surface area contributed by atoms with Crippen LogP contribution in [-0.4, -0.2) is 26.4 Å². The largest absolute Gasteiger partial charge is 0.352 e. The van der Waals surface area contributed by atoms with Gasteiger partial charge in [0.15, 0.2) is 0 Å². The van der Waals surface area contributed by atoms with Crippen molar-refractivity contribution < 1.29 is 4.79 Å². The SMILES string of the molecule is O=C(NCCc1cn2ccccc2n1)c1ccc(-n2cccc2)cc1. The quantitative estimate of drug-likeness (QED) is 0.611. The molecule has 3 heterocycles. The Hall–Kier alpha value is -3.34. The first-order valence-electron chi connectivity index (χ1n) is 8.24. The highest BCUT2D eigenvalue weighted by Gasteiger charge is 2.06. The highest BCUT2D eigenvalue weighted by Crippen LogP contribution is 2.10. The van der Waals surface area contributed by atoms with Crippen LogP contribution in [-0.2, 0) is 6.42 Å². The van der Waals surface area contributed by atoms with Gasteiger partial charge in [-0.05, 0) is 48.5 Å². The number of rotatable bonds is 5. The molecule has 4 rings (SSSR count). The number of fused-ring (bicyclic) bond motifs is 1. The number of benzene rings is 1. The van der Waals surface area contributed by atoms with Crippen molar-refractivity contribution in [1.82, 2.24) is 19.3 Å². The molecule has 5 heteroatoms. The van der Waals surface area contributed by atoms with Gasteiger partial charge in [0, 0.05) is 49.0 Å². The summed E-state index contributed by atoms with van der Waals surface area (Å²) in [5, 5.41) is 2.95.